The van der Waals surface area contributed by atoms with E-state index in [1.54, 1.807) is 0 Å². The predicted octanol–water partition coefficient (Wildman–Crippen LogP) is 1.62. The number of benzene rings is 1. The maximum absolute atomic E-state index is 9.34. The molecule has 1 fully saturated rings. The monoisotopic (exact) mass is 220 g/mol. The van der Waals surface area contributed by atoms with Gasteiger partial charge in [-0.3, -0.25) is 4.90 Å². The van der Waals surface area contributed by atoms with Crippen molar-refractivity contribution in [3.63, 3.8) is 0 Å². The van der Waals surface area contributed by atoms with Crippen molar-refractivity contribution in [1.82, 2.24) is 4.90 Å². The Morgan fingerprint density at radius 2 is 2.12 bits per heavy atom. The largest absolute Gasteiger partial charge is 0.398 e. The summed E-state index contributed by atoms with van der Waals surface area (Å²) < 4.78 is 0. The number of hydrogen-bond acceptors (Lipinski definition) is 3. The summed E-state index contributed by atoms with van der Waals surface area (Å²) in [4.78, 5) is 2.34. The van der Waals surface area contributed by atoms with Crippen LogP contribution in [0.1, 0.15) is 24.8 Å². The zero-order chi connectivity index (χ0) is 11.4. The first-order chi connectivity index (χ1) is 7.81. The minimum absolute atomic E-state index is 0.257. The minimum atomic E-state index is 0.257. The van der Waals surface area contributed by atoms with Crippen LogP contribution in [0.25, 0.3) is 0 Å². The molecule has 0 aromatic heterocycles. The molecule has 1 atom stereocenters. The molecule has 0 amide bonds. The molecular formula is C13H20N2O. The molecule has 1 unspecified atom stereocenters. The van der Waals surface area contributed by atoms with Crippen LogP contribution < -0.4 is 5.73 Å². The minimum Gasteiger partial charge on any atom is -0.398 e. The van der Waals surface area contributed by atoms with Crippen molar-refractivity contribution in [2.75, 3.05) is 18.9 Å². The van der Waals surface area contributed by atoms with Gasteiger partial charge in [0, 0.05) is 18.3 Å². The standard InChI is InChI=1S/C13H20N2O/c14-13-7-2-1-5-11(13)9-15-8-4-3-6-12(15)10-16/h1-2,5,7,12,16H,3-4,6,8-10,14H2. The second-order valence-electron chi connectivity index (χ2n) is 4.50. The van der Waals surface area contributed by atoms with Crippen molar-refractivity contribution < 1.29 is 5.11 Å². The number of anilines is 1. The molecule has 3 N–H and O–H groups in total. The van der Waals surface area contributed by atoms with E-state index < -0.39 is 0 Å². The third-order valence-corrected chi connectivity index (χ3v) is 3.39. The normalized spacial score (nSPS) is 22.2. The van der Waals surface area contributed by atoms with E-state index in [0.717, 1.165) is 25.2 Å². The van der Waals surface area contributed by atoms with Gasteiger partial charge in [0.2, 0.25) is 0 Å². The second kappa shape index (κ2) is 5.32. The Kier molecular flexibility index (Phi) is 3.80. The molecule has 0 spiro atoms. The summed E-state index contributed by atoms with van der Waals surface area (Å²) in [6.45, 7) is 2.18. The van der Waals surface area contributed by atoms with Gasteiger partial charge in [-0.15, -0.1) is 0 Å². The summed E-state index contributed by atoms with van der Waals surface area (Å²) in [6, 6.07) is 8.29. The number of rotatable bonds is 3. The van der Waals surface area contributed by atoms with Gasteiger partial charge in [-0.25, -0.2) is 0 Å². The highest BCUT2D eigenvalue weighted by atomic mass is 16.3. The molecule has 1 aromatic rings. The molecule has 1 saturated heterocycles. The summed E-state index contributed by atoms with van der Waals surface area (Å²) in [5.41, 5.74) is 7.96. The lowest BCUT2D eigenvalue weighted by Gasteiger charge is -2.34. The number of likely N-dealkylation sites (tertiary alicyclic amines) is 1. The number of nitrogens with two attached hydrogens (primary N) is 1. The van der Waals surface area contributed by atoms with Crippen molar-refractivity contribution in [1.29, 1.82) is 0 Å². The Labute approximate surface area is 96.9 Å². The van der Waals surface area contributed by atoms with Gasteiger partial charge in [0.25, 0.3) is 0 Å². The lowest BCUT2D eigenvalue weighted by atomic mass is 10.0. The van der Waals surface area contributed by atoms with Crippen LogP contribution in [0.2, 0.25) is 0 Å². The van der Waals surface area contributed by atoms with E-state index in [9.17, 15) is 5.11 Å². The van der Waals surface area contributed by atoms with Crippen LogP contribution in [0.15, 0.2) is 24.3 Å². The maximum Gasteiger partial charge on any atom is 0.0586 e. The van der Waals surface area contributed by atoms with Gasteiger partial charge in [-0.05, 0) is 31.0 Å². The zero-order valence-electron chi connectivity index (χ0n) is 9.60. The molecule has 0 bridgehead atoms. The molecule has 0 aliphatic carbocycles. The van der Waals surface area contributed by atoms with Crippen LogP contribution >= 0.6 is 0 Å². The first-order valence-electron chi connectivity index (χ1n) is 5.99. The van der Waals surface area contributed by atoms with Crippen LogP contribution in [-0.4, -0.2) is 29.2 Å². The van der Waals surface area contributed by atoms with Crippen molar-refractivity contribution >= 4 is 5.69 Å². The summed E-state index contributed by atoms with van der Waals surface area (Å²) in [5, 5.41) is 9.34. The molecule has 1 aliphatic rings. The van der Waals surface area contributed by atoms with Crippen LogP contribution in [0.5, 0.6) is 0 Å². The Hall–Kier alpha value is -1.06. The van der Waals surface area contributed by atoms with Crippen molar-refractivity contribution in [3.05, 3.63) is 29.8 Å². The Bertz CT molecular complexity index is 340. The lowest BCUT2D eigenvalue weighted by molar-refractivity contribution is 0.0843. The van der Waals surface area contributed by atoms with E-state index in [2.05, 4.69) is 11.0 Å². The highest BCUT2D eigenvalue weighted by Gasteiger charge is 2.21. The summed E-state index contributed by atoms with van der Waals surface area (Å²) >= 11 is 0. The number of nitrogen functional groups attached to an aromatic ring is 1. The van der Waals surface area contributed by atoms with Gasteiger partial charge in [0.05, 0.1) is 6.61 Å². The molecule has 2 rings (SSSR count). The van der Waals surface area contributed by atoms with Crippen LogP contribution in [0.4, 0.5) is 5.69 Å². The molecule has 1 aliphatic heterocycles. The molecule has 16 heavy (non-hydrogen) atoms. The number of aliphatic hydroxyl groups excluding tert-OH is 1. The highest BCUT2D eigenvalue weighted by Crippen LogP contribution is 2.21. The van der Waals surface area contributed by atoms with E-state index in [4.69, 9.17) is 5.73 Å². The fraction of sp³-hybridized carbons (Fsp3) is 0.538. The molecular weight excluding hydrogens is 200 g/mol. The Morgan fingerprint density at radius 3 is 2.88 bits per heavy atom. The smallest absolute Gasteiger partial charge is 0.0586 e. The van der Waals surface area contributed by atoms with Crippen molar-refractivity contribution in [3.8, 4) is 0 Å². The molecule has 0 radical (unpaired) electrons. The number of piperidine rings is 1. The highest BCUT2D eigenvalue weighted by molar-refractivity contribution is 5.46. The lowest BCUT2D eigenvalue weighted by Crippen LogP contribution is -2.41. The van der Waals surface area contributed by atoms with Crippen LogP contribution in [0, 0.1) is 0 Å². The number of aliphatic hydroxyl groups is 1. The van der Waals surface area contributed by atoms with E-state index in [-0.39, 0.29) is 6.61 Å². The Morgan fingerprint density at radius 1 is 1.31 bits per heavy atom. The average Bonchev–Trinajstić information content (AvgIpc) is 2.33. The van der Waals surface area contributed by atoms with Gasteiger partial charge in [-0.1, -0.05) is 24.6 Å². The van der Waals surface area contributed by atoms with Crippen molar-refractivity contribution in [2.24, 2.45) is 0 Å². The zero-order valence-corrected chi connectivity index (χ0v) is 9.60. The topological polar surface area (TPSA) is 49.5 Å². The molecule has 3 nitrogen and oxygen atoms in total. The van der Waals surface area contributed by atoms with E-state index >= 15 is 0 Å². The van der Waals surface area contributed by atoms with E-state index in [1.165, 1.54) is 18.4 Å². The molecule has 1 aromatic carbocycles. The predicted molar refractivity (Wildman–Crippen MR) is 66.0 cm³/mol. The molecule has 1 heterocycles. The Balaban J connectivity index is 2.05. The molecule has 0 saturated carbocycles. The van der Waals surface area contributed by atoms with Gasteiger partial charge < -0.3 is 10.8 Å². The fourth-order valence-electron chi connectivity index (χ4n) is 2.37. The summed E-state index contributed by atoms with van der Waals surface area (Å²) in [5.74, 6) is 0. The second-order valence-corrected chi connectivity index (χ2v) is 4.50. The third kappa shape index (κ3) is 2.54. The molecule has 3 heteroatoms. The first kappa shape index (κ1) is 11.4. The molecule has 88 valence electrons. The maximum atomic E-state index is 9.34. The van der Waals surface area contributed by atoms with E-state index in [0.29, 0.717) is 6.04 Å². The number of nitrogens with zero attached hydrogens (tertiary/aromatic N) is 1. The summed E-state index contributed by atoms with van der Waals surface area (Å²) in [6.07, 6.45) is 3.55. The van der Waals surface area contributed by atoms with Gasteiger partial charge in [-0.2, -0.15) is 0 Å². The van der Waals surface area contributed by atoms with Crippen molar-refractivity contribution in [2.45, 2.75) is 31.8 Å². The fourth-order valence-corrected chi connectivity index (χ4v) is 2.37. The van der Waals surface area contributed by atoms with Gasteiger partial charge in [0.15, 0.2) is 0 Å². The third-order valence-electron chi connectivity index (χ3n) is 3.39. The SMILES string of the molecule is Nc1ccccc1CN1CCCCC1CO. The van der Waals surface area contributed by atoms with Crippen LogP contribution in [0.3, 0.4) is 0 Å². The number of hydrogen-bond donors (Lipinski definition) is 2. The van der Waals surface area contributed by atoms with Crippen LogP contribution in [-0.2, 0) is 6.54 Å². The first-order valence-corrected chi connectivity index (χ1v) is 5.99. The average molecular weight is 220 g/mol. The van der Waals surface area contributed by atoms with E-state index in [1.807, 2.05) is 18.2 Å². The van der Waals surface area contributed by atoms with Gasteiger partial charge >= 0.3 is 0 Å². The van der Waals surface area contributed by atoms with Gasteiger partial charge in [0.1, 0.15) is 0 Å². The number of para-hydroxylation sites is 1. The summed E-state index contributed by atoms with van der Waals surface area (Å²) in [7, 11) is 0. The quantitative estimate of drug-likeness (QED) is 0.761.